The number of benzene rings is 1. The van der Waals surface area contributed by atoms with E-state index in [-0.39, 0.29) is 4.90 Å². The molecule has 0 aliphatic heterocycles. The summed E-state index contributed by atoms with van der Waals surface area (Å²) in [5.41, 5.74) is 0.725. The summed E-state index contributed by atoms with van der Waals surface area (Å²) in [6.45, 7) is 7.12. The average Bonchev–Trinajstić information content (AvgIpc) is 2.29. The predicted octanol–water partition coefficient (Wildman–Crippen LogP) is 3.47. The third-order valence-corrected chi connectivity index (χ3v) is 11.4. The third kappa shape index (κ3) is 3.31. The van der Waals surface area contributed by atoms with E-state index in [0.29, 0.717) is 0 Å². The van der Waals surface area contributed by atoms with Gasteiger partial charge in [-0.1, -0.05) is 0 Å². The first kappa shape index (κ1) is 15.6. The predicted molar refractivity (Wildman–Crippen MR) is 79.3 cm³/mol. The first-order valence-corrected chi connectivity index (χ1v) is 11.0. The molecule has 0 atom stereocenters. The molecule has 104 valence electrons. The zero-order valence-corrected chi connectivity index (χ0v) is 13.5. The van der Waals surface area contributed by atoms with E-state index in [2.05, 4.69) is 0 Å². The molecule has 0 aliphatic carbocycles. The van der Waals surface area contributed by atoms with Crippen molar-refractivity contribution in [3.8, 4) is 0 Å². The number of hydrogen-bond acceptors (Lipinski definition) is 3. The van der Waals surface area contributed by atoms with Crippen LogP contribution in [-0.4, -0.2) is 34.1 Å². The van der Waals surface area contributed by atoms with Crippen LogP contribution in [0.5, 0.6) is 0 Å². The number of hydrogen-bond donors (Lipinski definition) is 0. The second kappa shape index (κ2) is 4.92. The molecule has 0 fully saturated rings. The fourth-order valence-electron chi connectivity index (χ4n) is 1.54. The molecule has 3 nitrogen and oxygen atoms in total. The van der Waals surface area contributed by atoms with Gasteiger partial charge in [0.2, 0.25) is 0 Å². The fourth-order valence-corrected chi connectivity index (χ4v) is 6.54. The molecule has 0 saturated heterocycles. The van der Waals surface area contributed by atoms with Gasteiger partial charge in [-0.25, -0.2) is 0 Å². The molecule has 1 aromatic carbocycles. The zero-order chi connectivity index (χ0) is 14.1. The van der Waals surface area contributed by atoms with E-state index in [4.69, 9.17) is 3.97 Å². The molecule has 0 heterocycles. The standard InChI is InChI=1S/C13H23O3PS/c1-6-17(4,5,7-2)16-18(14,15)13-11-9-8-10-12(13)3/h8-11H,6-7H2,1-5H3. The molecule has 0 N–H and O–H groups in total. The van der Waals surface area contributed by atoms with Crippen molar-refractivity contribution in [2.45, 2.75) is 25.7 Å². The number of aryl methyl sites for hydroxylation is 1. The van der Waals surface area contributed by atoms with Crippen molar-refractivity contribution >= 4 is 16.9 Å². The second-order valence-electron chi connectivity index (χ2n) is 5.49. The van der Waals surface area contributed by atoms with Crippen molar-refractivity contribution < 1.29 is 12.4 Å². The van der Waals surface area contributed by atoms with Crippen molar-refractivity contribution in [3.05, 3.63) is 29.8 Å². The molecule has 0 aromatic heterocycles. The van der Waals surface area contributed by atoms with Gasteiger partial charge in [-0.2, -0.15) is 0 Å². The Kier molecular flexibility index (Phi) is 4.26. The molecule has 0 unspecified atom stereocenters. The van der Waals surface area contributed by atoms with Gasteiger partial charge < -0.3 is 0 Å². The Morgan fingerprint density at radius 1 is 1.11 bits per heavy atom. The van der Waals surface area contributed by atoms with E-state index < -0.39 is 16.9 Å². The fraction of sp³-hybridized carbons (Fsp3) is 0.538. The van der Waals surface area contributed by atoms with E-state index in [9.17, 15) is 8.42 Å². The molecule has 0 spiro atoms. The molecule has 1 rings (SSSR count). The van der Waals surface area contributed by atoms with Crippen molar-refractivity contribution in [2.75, 3.05) is 25.7 Å². The maximum atomic E-state index is 12.4. The Bertz CT molecular complexity index is 527. The molecule has 1 aromatic rings. The monoisotopic (exact) mass is 290 g/mol. The van der Waals surface area contributed by atoms with Gasteiger partial charge in [-0.15, -0.1) is 0 Å². The van der Waals surface area contributed by atoms with Gasteiger partial charge in [0.15, 0.2) is 0 Å². The topological polar surface area (TPSA) is 43.4 Å². The van der Waals surface area contributed by atoms with Crippen LogP contribution < -0.4 is 0 Å². The third-order valence-electron chi connectivity index (χ3n) is 3.69. The van der Waals surface area contributed by atoms with Crippen LogP contribution in [0.3, 0.4) is 0 Å². The molecule has 0 saturated carbocycles. The Morgan fingerprint density at radius 3 is 2.06 bits per heavy atom. The van der Waals surface area contributed by atoms with Crippen LogP contribution in [0.25, 0.3) is 0 Å². The molecule has 5 heteroatoms. The summed E-state index contributed by atoms with van der Waals surface area (Å²) in [5.74, 6) is 0. The van der Waals surface area contributed by atoms with E-state index in [1.165, 1.54) is 0 Å². The van der Waals surface area contributed by atoms with Gasteiger partial charge in [0.25, 0.3) is 0 Å². The first-order valence-electron chi connectivity index (χ1n) is 6.16. The molecule has 0 aliphatic rings. The van der Waals surface area contributed by atoms with Gasteiger partial charge in [-0.05, 0) is 0 Å². The molecule has 0 amide bonds. The molecule has 0 radical (unpaired) electrons. The summed E-state index contributed by atoms with van der Waals surface area (Å²) < 4.78 is 30.5. The van der Waals surface area contributed by atoms with Gasteiger partial charge in [0.05, 0.1) is 0 Å². The normalized spacial score (nSPS) is 15.1. The van der Waals surface area contributed by atoms with E-state index in [1.807, 2.05) is 33.2 Å². The molecular weight excluding hydrogens is 267 g/mol. The molecule has 18 heavy (non-hydrogen) atoms. The Labute approximate surface area is 111 Å². The van der Waals surface area contributed by atoms with Crippen molar-refractivity contribution in [1.82, 2.24) is 0 Å². The number of rotatable bonds is 5. The van der Waals surface area contributed by atoms with Crippen LogP contribution in [0.2, 0.25) is 0 Å². The van der Waals surface area contributed by atoms with E-state index >= 15 is 0 Å². The summed E-state index contributed by atoms with van der Waals surface area (Å²) in [6.07, 6.45) is 1.51. The average molecular weight is 290 g/mol. The second-order valence-corrected chi connectivity index (χ2v) is 13.8. The minimum absolute atomic E-state index is 0.282. The molecular formula is C13H23O3PS. The van der Waals surface area contributed by atoms with Gasteiger partial charge in [0, 0.05) is 0 Å². The Morgan fingerprint density at radius 2 is 1.61 bits per heavy atom. The van der Waals surface area contributed by atoms with Crippen LogP contribution in [-0.2, 0) is 14.1 Å². The van der Waals surface area contributed by atoms with Crippen LogP contribution in [0.15, 0.2) is 29.2 Å². The summed E-state index contributed by atoms with van der Waals surface area (Å²) >= 11 is 0. The van der Waals surface area contributed by atoms with E-state index in [1.54, 1.807) is 25.1 Å². The first-order chi connectivity index (χ1) is 8.13. The zero-order valence-electron chi connectivity index (χ0n) is 11.8. The van der Waals surface area contributed by atoms with Gasteiger partial charge >= 0.3 is 110 Å². The van der Waals surface area contributed by atoms with Gasteiger partial charge in [-0.3, -0.25) is 0 Å². The summed E-state index contributed by atoms with van der Waals surface area (Å²) in [7, 11) is -3.67. The minimum atomic E-state index is -3.67. The van der Waals surface area contributed by atoms with Crippen LogP contribution >= 0.6 is 6.83 Å². The Balaban J connectivity index is 3.23. The van der Waals surface area contributed by atoms with Crippen LogP contribution in [0.1, 0.15) is 19.4 Å². The van der Waals surface area contributed by atoms with Crippen molar-refractivity contribution in [3.63, 3.8) is 0 Å². The Hall–Kier alpha value is -0.440. The van der Waals surface area contributed by atoms with Gasteiger partial charge in [0.1, 0.15) is 0 Å². The maximum absolute atomic E-state index is 12.4. The van der Waals surface area contributed by atoms with Crippen molar-refractivity contribution in [2.24, 2.45) is 0 Å². The van der Waals surface area contributed by atoms with Crippen molar-refractivity contribution in [1.29, 1.82) is 0 Å². The molecule has 0 bridgehead atoms. The quantitative estimate of drug-likeness (QED) is 0.780. The summed E-state index contributed by atoms with van der Waals surface area (Å²) in [4.78, 5) is 0.282. The van der Waals surface area contributed by atoms with Crippen LogP contribution in [0, 0.1) is 6.92 Å². The van der Waals surface area contributed by atoms with E-state index in [0.717, 1.165) is 17.9 Å². The summed E-state index contributed by atoms with van der Waals surface area (Å²) in [6, 6.07) is 6.94. The van der Waals surface area contributed by atoms with Crippen LogP contribution in [0.4, 0.5) is 0 Å². The SMILES string of the molecule is CCP(C)(C)(CC)OS(=O)(=O)c1ccccc1C. The summed E-state index contributed by atoms with van der Waals surface area (Å²) in [5, 5.41) is 0.